The van der Waals surface area contributed by atoms with Crippen molar-refractivity contribution in [1.82, 2.24) is 4.90 Å². The van der Waals surface area contributed by atoms with Crippen LogP contribution in [0.25, 0.3) is 0 Å². The van der Waals surface area contributed by atoms with Gasteiger partial charge in [0.15, 0.2) is 0 Å². The molecule has 0 saturated carbocycles. The lowest BCUT2D eigenvalue weighted by molar-refractivity contribution is 0.352. The molecule has 0 aliphatic carbocycles. The van der Waals surface area contributed by atoms with E-state index in [-0.39, 0.29) is 5.82 Å². The van der Waals surface area contributed by atoms with Crippen molar-refractivity contribution in [2.45, 2.75) is 12.8 Å². The Morgan fingerprint density at radius 1 is 1.35 bits per heavy atom. The average Bonchev–Trinajstić information content (AvgIpc) is 2.84. The van der Waals surface area contributed by atoms with Gasteiger partial charge in [-0.2, -0.15) is 0 Å². The highest BCUT2D eigenvalue weighted by Crippen LogP contribution is 2.24. The Balaban J connectivity index is 1.85. The fourth-order valence-electron chi connectivity index (χ4n) is 2.17. The number of hydrogen-bond donors (Lipinski definition) is 1. The lowest BCUT2D eigenvalue weighted by atomic mass is 10.3. The van der Waals surface area contributed by atoms with Gasteiger partial charge in [0.05, 0.1) is 12.8 Å². The van der Waals surface area contributed by atoms with Crippen LogP contribution in [0.5, 0.6) is 5.75 Å². The summed E-state index contributed by atoms with van der Waals surface area (Å²) in [5, 5.41) is 3.28. The summed E-state index contributed by atoms with van der Waals surface area (Å²) >= 11 is 0. The number of ether oxygens (including phenoxy) is 1. The molecule has 0 aromatic heterocycles. The zero-order chi connectivity index (χ0) is 12.1. The SMILES string of the molecule is COc1cc(F)ccc1NCCN1CCCC1. The van der Waals surface area contributed by atoms with Crippen LogP contribution in [0.1, 0.15) is 12.8 Å². The van der Waals surface area contributed by atoms with Crippen LogP contribution in [0.15, 0.2) is 18.2 Å². The summed E-state index contributed by atoms with van der Waals surface area (Å²) in [6, 6.07) is 4.57. The molecule has 1 fully saturated rings. The molecule has 0 atom stereocenters. The molecule has 1 aromatic carbocycles. The van der Waals surface area contributed by atoms with Gasteiger partial charge in [-0.05, 0) is 38.1 Å². The van der Waals surface area contributed by atoms with Crippen molar-refractivity contribution < 1.29 is 9.13 Å². The van der Waals surface area contributed by atoms with Crippen molar-refractivity contribution in [2.75, 3.05) is 38.6 Å². The molecule has 1 aliphatic heterocycles. The number of likely N-dealkylation sites (tertiary alicyclic amines) is 1. The Morgan fingerprint density at radius 2 is 2.12 bits per heavy atom. The van der Waals surface area contributed by atoms with Crippen molar-refractivity contribution in [3.63, 3.8) is 0 Å². The third-order valence-corrected chi connectivity index (χ3v) is 3.11. The Hall–Kier alpha value is -1.29. The smallest absolute Gasteiger partial charge is 0.144 e. The molecule has 1 N–H and O–H groups in total. The van der Waals surface area contributed by atoms with Crippen molar-refractivity contribution in [2.24, 2.45) is 0 Å². The topological polar surface area (TPSA) is 24.5 Å². The molecule has 4 heteroatoms. The van der Waals surface area contributed by atoms with Crippen LogP contribution < -0.4 is 10.1 Å². The third kappa shape index (κ3) is 3.33. The number of hydrogen-bond acceptors (Lipinski definition) is 3. The third-order valence-electron chi connectivity index (χ3n) is 3.11. The van der Waals surface area contributed by atoms with Crippen LogP contribution in [0, 0.1) is 5.82 Å². The minimum absolute atomic E-state index is 0.271. The molecule has 0 spiro atoms. The van der Waals surface area contributed by atoms with E-state index in [1.807, 2.05) is 0 Å². The van der Waals surface area contributed by atoms with Crippen molar-refractivity contribution in [1.29, 1.82) is 0 Å². The summed E-state index contributed by atoms with van der Waals surface area (Å²) in [7, 11) is 1.56. The van der Waals surface area contributed by atoms with E-state index in [1.165, 1.54) is 38.1 Å². The number of nitrogens with zero attached hydrogens (tertiary/aromatic N) is 1. The van der Waals surface area contributed by atoms with Gasteiger partial charge in [0.2, 0.25) is 0 Å². The first-order valence-electron chi connectivity index (χ1n) is 6.09. The van der Waals surface area contributed by atoms with Gasteiger partial charge in [-0.1, -0.05) is 0 Å². The lowest BCUT2D eigenvalue weighted by Gasteiger charge is -2.16. The molecule has 0 bridgehead atoms. The maximum Gasteiger partial charge on any atom is 0.144 e. The maximum atomic E-state index is 13.0. The van der Waals surface area contributed by atoms with E-state index >= 15 is 0 Å². The van der Waals surface area contributed by atoms with E-state index < -0.39 is 0 Å². The van der Waals surface area contributed by atoms with Crippen LogP contribution in [0.4, 0.5) is 10.1 Å². The average molecular weight is 238 g/mol. The molecule has 94 valence electrons. The molecule has 1 saturated heterocycles. The van der Waals surface area contributed by atoms with Crippen LogP contribution in [-0.2, 0) is 0 Å². The van der Waals surface area contributed by atoms with Crippen LogP contribution >= 0.6 is 0 Å². The van der Waals surface area contributed by atoms with Crippen molar-refractivity contribution >= 4 is 5.69 Å². The molecule has 0 amide bonds. The van der Waals surface area contributed by atoms with E-state index in [9.17, 15) is 4.39 Å². The second-order valence-corrected chi connectivity index (χ2v) is 4.32. The lowest BCUT2D eigenvalue weighted by Crippen LogP contribution is -2.26. The molecular formula is C13H19FN2O. The minimum Gasteiger partial charge on any atom is -0.494 e. The fourth-order valence-corrected chi connectivity index (χ4v) is 2.17. The van der Waals surface area contributed by atoms with Crippen LogP contribution in [-0.4, -0.2) is 38.2 Å². The van der Waals surface area contributed by atoms with Gasteiger partial charge in [-0.3, -0.25) is 0 Å². The molecule has 2 rings (SSSR count). The first-order valence-corrected chi connectivity index (χ1v) is 6.09. The number of benzene rings is 1. The molecule has 1 aromatic rings. The molecule has 0 unspecified atom stereocenters. The van der Waals surface area contributed by atoms with Gasteiger partial charge < -0.3 is 15.0 Å². The monoisotopic (exact) mass is 238 g/mol. The highest BCUT2D eigenvalue weighted by molar-refractivity contribution is 5.56. The minimum atomic E-state index is -0.271. The highest BCUT2D eigenvalue weighted by Gasteiger charge is 2.11. The van der Waals surface area contributed by atoms with Crippen molar-refractivity contribution in [3.8, 4) is 5.75 Å². The van der Waals surface area contributed by atoms with Crippen LogP contribution in [0.2, 0.25) is 0 Å². The van der Waals surface area contributed by atoms with E-state index in [0.717, 1.165) is 18.8 Å². The van der Waals surface area contributed by atoms with Crippen LogP contribution in [0.3, 0.4) is 0 Å². The quantitative estimate of drug-likeness (QED) is 0.852. The number of nitrogens with one attached hydrogen (secondary N) is 1. The molecular weight excluding hydrogens is 219 g/mol. The first kappa shape index (κ1) is 12.2. The summed E-state index contributed by atoms with van der Waals surface area (Å²) in [5.41, 5.74) is 0.855. The number of rotatable bonds is 5. The molecule has 3 nitrogen and oxygen atoms in total. The summed E-state index contributed by atoms with van der Waals surface area (Å²) in [6.45, 7) is 4.28. The Kier molecular flexibility index (Phi) is 4.20. The molecule has 1 aliphatic rings. The van der Waals surface area contributed by atoms with E-state index in [1.54, 1.807) is 13.2 Å². The van der Waals surface area contributed by atoms with E-state index in [4.69, 9.17) is 4.74 Å². The number of anilines is 1. The second kappa shape index (κ2) is 5.87. The normalized spacial score (nSPS) is 16.1. The molecule has 17 heavy (non-hydrogen) atoms. The largest absolute Gasteiger partial charge is 0.494 e. The van der Waals surface area contributed by atoms with Gasteiger partial charge in [0.1, 0.15) is 11.6 Å². The first-order chi connectivity index (χ1) is 8.29. The van der Waals surface area contributed by atoms with Gasteiger partial charge in [-0.25, -0.2) is 4.39 Å². The highest BCUT2D eigenvalue weighted by atomic mass is 19.1. The maximum absolute atomic E-state index is 13.0. The van der Waals surface area contributed by atoms with E-state index in [2.05, 4.69) is 10.2 Å². The zero-order valence-corrected chi connectivity index (χ0v) is 10.2. The Morgan fingerprint density at radius 3 is 2.82 bits per heavy atom. The number of halogens is 1. The van der Waals surface area contributed by atoms with E-state index in [0.29, 0.717) is 5.75 Å². The zero-order valence-electron chi connectivity index (χ0n) is 10.2. The fraction of sp³-hybridized carbons (Fsp3) is 0.538. The molecule has 1 heterocycles. The number of methoxy groups -OCH3 is 1. The van der Waals surface area contributed by atoms with Gasteiger partial charge >= 0.3 is 0 Å². The molecule has 0 radical (unpaired) electrons. The summed E-state index contributed by atoms with van der Waals surface area (Å²) in [6.07, 6.45) is 2.61. The second-order valence-electron chi connectivity index (χ2n) is 4.32. The summed E-state index contributed by atoms with van der Waals surface area (Å²) in [4.78, 5) is 2.43. The van der Waals surface area contributed by atoms with Gasteiger partial charge in [0.25, 0.3) is 0 Å². The van der Waals surface area contributed by atoms with Crippen molar-refractivity contribution in [3.05, 3.63) is 24.0 Å². The predicted molar refractivity (Wildman–Crippen MR) is 67.1 cm³/mol. The predicted octanol–water partition coefficient (Wildman–Crippen LogP) is 2.34. The van der Waals surface area contributed by atoms with Gasteiger partial charge in [0, 0.05) is 19.2 Å². The summed E-state index contributed by atoms with van der Waals surface area (Å²) in [5.74, 6) is 0.290. The summed E-state index contributed by atoms with van der Waals surface area (Å²) < 4.78 is 18.1. The van der Waals surface area contributed by atoms with Gasteiger partial charge in [-0.15, -0.1) is 0 Å². The standard InChI is InChI=1S/C13H19FN2O/c1-17-13-10-11(14)4-5-12(13)15-6-9-16-7-2-3-8-16/h4-5,10,15H,2-3,6-9H2,1H3. The Labute approximate surface area is 102 Å². The Bertz CT molecular complexity index is 364.